The van der Waals surface area contributed by atoms with Crippen LogP contribution in [0.15, 0.2) is 74.6 Å². The summed E-state index contributed by atoms with van der Waals surface area (Å²) in [6, 6.07) is 9.97. The van der Waals surface area contributed by atoms with Crippen LogP contribution in [-0.2, 0) is 9.53 Å². The predicted octanol–water partition coefficient (Wildman–Crippen LogP) is 4.79. The number of rotatable bonds is 8. The van der Waals surface area contributed by atoms with Crippen LogP contribution >= 0.6 is 38.9 Å². The van der Waals surface area contributed by atoms with Crippen LogP contribution < -0.4 is 24.4 Å². The fourth-order valence-electron chi connectivity index (χ4n) is 4.01. The van der Waals surface area contributed by atoms with Gasteiger partial charge in [-0.2, -0.15) is 0 Å². The van der Waals surface area contributed by atoms with Crippen molar-refractivity contribution in [2.75, 3.05) is 20.3 Å². The third-order valence-electron chi connectivity index (χ3n) is 5.60. The van der Waals surface area contributed by atoms with Crippen molar-refractivity contribution in [3.05, 3.63) is 101 Å². The molecule has 0 radical (unpaired) electrons. The van der Waals surface area contributed by atoms with Gasteiger partial charge in [-0.15, -0.1) is 0 Å². The first-order chi connectivity index (χ1) is 17.8. The van der Waals surface area contributed by atoms with E-state index < -0.39 is 12.0 Å². The van der Waals surface area contributed by atoms with E-state index in [-0.39, 0.29) is 12.2 Å². The summed E-state index contributed by atoms with van der Waals surface area (Å²) in [5, 5.41) is 0.551. The number of allylic oxidation sites excluding steroid dienone is 1. The van der Waals surface area contributed by atoms with Crippen molar-refractivity contribution in [3.63, 3.8) is 0 Å². The minimum Gasteiger partial charge on any atom is -0.493 e. The molecule has 0 amide bonds. The molecule has 7 nitrogen and oxygen atoms in total. The fourth-order valence-corrected chi connectivity index (χ4v) is 5.76. The van der Waals surface area contributed by atoms with E-state index in [4.69, 9.17) is 25.8 Å². The molecule has 1 aliphatic rings. The topological polar surface area (TPSA) is 79.1 Å². The van der Waals surface area contributed by atoms with Crippen LogP contribution in [-0.4, -0.2) is 30.9 Å². The van der Waals surface area contributed by atoms with Crippen molar-refractivity contribution < 1.29 is 19.0 Å². The second-order valence-corrected chi connectivity index (χ2v) is 10.3. The lowest BCUT2D eigenvalue weighted by molar-refractivity contribution is -0.139. The molecule has 4 rings (SSSR count). The highest BCUT2D eigenvalue weighted by Crippen LogP contribution is 2.37. The minimum absolute atomic E-state index is 0.205. The number of carbonyl (C=O) groups excluding carboxylic acids is 1. The van der Waals surface area contributed by atoms with Crippen molar-refractivity contribution in [1.82, 2.24) is 4.57 Å². The number of benzene rings is 2. The van der Waals surface area contributed by atoms with E-state index >= 15 is 0 Å². The number of halogens is 2. The van der Waals surface area contributed by atoms with Crippen LogP contribution in [0.2, 0.25) is 5.02 Å². The number of fused-ring (bicyclic) bond motifs is 1. The lowest BCUT2D eigenvalue weighted by atomic mass is 9.96. The first kappa shape index (κ1) is 26.9. The van der Waals surface area contributed by atoms with Gasteiger partial charge in [-0.3, -0.25) is 9.36 Å². The summed E-state index contributed by atoms with van der Waals surface area (Å²) >= 11 is 10.9. The molecule has 1 aliphatic heterocycles. The predicted molar refractivity (Wildman–Crippen MR) is 148 cm³/mol. The summed E-state index contributed by atoms with van der Waals surface area (Å²) in [7, 11) is 1.55. The Labute approximate surface area is 231 Å². The number of hydrogen-bond donors (Lipinski definition) is 0. The molecule has 0 saturated carbocycles. The lowest BCUT2D eigenvalue weighted by Gasteiger charge is -2.24. The van der Waals surface area contributed by atoms with E-state index in [0.29, 0.717) is 48.2 Å². The SMILES string of the molecule is C=CCOc1c(Br)cc(/C=c2\sc3n(c2=O)[C@H](c2ccc(Cl)cc2)C(C(=O)OCC)=C(C)N=3)cc1OC. The van der Waals surface area contributed by atoms with Gasteiger partial charge in [0, 0.05) is 5.02 Å². The van der Waals surface area contributed by atoms with Gasteiger partial charge in [0.25, 0.3) is 5.56 Å². The Hall–Kier alpha value is -3.14. The molecule has 1 atom stereocenters. The molecule has 192 valence electrons. The largest absolute Gasteiger partial charge is 0.493 e. The fraction of sp³-hybridized carbons (Fsp3) is 0.222. The van der Waals surface area contributed by atoms with Gasteiger partial charge in [0.2, 0.25) is 0 Å². The highest BCUT2D eigenvalue weighted by atomic mass is 79.9. The number of ether oxygens (including phenoxy) is 3. The maximum atomic E-state index is 13.8. The van der Waals surface area contributed by atoms with Gasteiger partial charge in [-0.25, -0.2) is 9.79 Å². The van der Waals surface area contributed by atoms with Crippen molar-refractivity contribution >= 4 is 50.9 Å². The van der Waals surface area contributed by atoms with Crippen molar-refractivity contribution in [1.29, 1.82) is 0 Å². The number of carbonyl (C=O) groups is 1. The van der Waals surface area contributed by atoms with Crippen LogP contribution in [0.5, 0.6) is 11.5 Å². The Balaban J connectivity index is 1.90. The summed E-state index contributed by atoms with van der Waals surface area (Å²) in [5.74, 6) is 0.537. The zero-order valence-corrected chi connectivity index (χ0v) is 23.6. The third kappa shape index (κ3) is 5.44. The molecule has 0 spiro atoms. The summed E-state index contributed by atoms with van der Waals surface area (Å²) in [6.07, 6.45) is 3.40. The van der Waals surface area contributed by atoms with E-state index in [2.05, 4.69) is 27.5 Å². The average molecular weight is 604 g/mol. The van der Waals surface area contributed by atoms with Crippen LogP contribution in [0.4, 0.5) is 0 Å². The zero-order chi connectivity index (χ0) is 26.7. The molecular weight excluding hydrogens is 580 g/mol. The average Bonchev–Trinajstić information content (AvgIpc) is 3.17. The van der Waals surface area contributed by atoms with Crippen LogP contribution in [0.1, 0.15) is 31.0 Å². The van der Waals surface area contributed by atoms with Crippen LogP contribution in [0.25, 0.3) is 6.08 Å². The molecule has 0 unspecified atom stereocenters. The second kappa shape index (κ2) is 11.5. The molecule has 0 bridgehead atoms. The molecule has 1 aromatic heterocycles. The maximum absolute atomic E-state index is 13.8. The van der Waals surface area contributed by atoms with Gasteiger partial charge in [0.15, 0.2) is 16.3 Å². The molecule has 37 heavy (non-hydrogen) atoms. The van der Waals surface area contributed by atoms with Gasteiger partial charge in [-0.05, 0) is 71.2 Å². The van der Waals surface area contributed by atoms with Crippen molar-refractivity contribution in [2.24, 2.45) is 4.99 Å². The van der Waals surface area contributed by atoms with Crippen LogP contribution in [0.3, 0.4) is 0 Å². The Morgan fingerprint density at radius 1 is 1.30 bits per heavy atom. The van der Waals surface area contributed by atoms with Crippen molar-refractivity contribution in [3.8, 4) is 11.5 Å². The van der Waals surface area contributed by atoms with E-state index in [9.17, 15) is 9.59 Å². The standard InChI is InChI=1S/C27H24BrClN2O5S/c1-5-11-36-24-19(28)12-16(13-20(24)34-4)14-21-25(32)31-23(17-7-9-18(29)10-8-17)22(26(33)35-6-2)15(3)30-27(31)37-21/h5,7-10,12-14,23H,1,6,11H2,2-4H3/b21-14-/t23-/m1/s1. The normalized spacial score (nSPS) is 15.2. The highest BCUT2D eigenvalue weighted by Gasteiger charge is 2.33. The lowest BCUT2D eigenvalue weighted by Crippen LogP contribution is -2.39. The van der Waals surface area contributed by atoms with Crippen LogP contribution in [0, 0.1) is 0 Å². The van der Waals surface area contributed by atoms with Gasteiger partial charge < -0.3 is 14.2 Å². The third-order valence-corrected chi connectivity index (χ3v) is 7.42. The van der Waals surface area contributed by atoms with E-state index in [1.165, 1.54) is 15.9 Å². The Morgan fingerprint density at radius 2 is 2.03 bits per heavy atom. The molecule has 0 fully saturated rings. The zero-order valence-electron chi connectivity index (χ0n) is 20.4. The van der Waals surface area contributed by atoms with E-state index in [0.717, 1.165) is 11.1 Å². The molecule has 0 aliphatic carbocycles. The van der Waals surface area contributed by atoms with Gasteiger partial charge >= 0.3 is 5.97 Å². The molecule has 2 aromatic carbocycles. The Morgan fingerprint density at radius 3 is 2.68 bits per heavy atom. The summed E-state index contributed by atoms with van der Waals surface area (Å²) in [6.45, 7) is 7.68. The number of thiazole rings is 1. The number of hydrogen-bond acceptors (Lipinski definition) is 7. The van der Waals surface area contributed by atoms with E-state index in [1.54, 1.807) is 63.4 Å². The second-order valence-electron chi connectivity index (χ2n) is 7.99. The maximum Gasteiger partial charge on any atom is 0.338 e. The summed E-state index contributed by atoms with van der Waals surface area (Å²) < 4.78 is 19.2. The smallest absolute Gasteiger partial charge is 0.338 e. The van der Waals surface area contributed by atoms with Gasteiger partial charge in [-0.1, -0.05) is 47.7 Å². The Kier molecular flexibility index (Phi) is 8.36. The number of nitrogens with zero attached hydrogens (tertiary/aromatic N) is 2. The molecule has 10 heteroatoms. The summed E-state index contributed by atoms with van der Waals surface area (Å²) in [5.41, 5.74) is 1.99. The molecule has 2 heterocycles. The van der Waals surface area contributed by atoms with E-state index in [1.807, 2.05) is 6.07 Å². The number of aromatic nitrogens is 1. The summed E-state index contributed by atoms with van der Waals surface area (Å²) in [4.78, 5) is 31.8. The highest BCUT2D eigenvalue weighted by molar-refractivity contribution is 9.10. The molecule has 3 aromatic rings. The molecule has 0 N–H and O–H groups in total. The first-order valence-corrected chi connectivity index (χ1v) is 13.3. The number of methoxy groups -OCH3 is 1. The minimum atomic E-state index is -0.703. The number of esters is 1. The monoisotopic (exact) mass is 602 g/mol. The first-order valence-electron chi connectivity index (χ1n) is 11.3. The van der Waals surface area contributed by atoms with Crippen molar-refractivity contribution in [2.45, 2.75) is 19.9 Å². The van der Waals surface area contributed by atoms with Gasteiger partial charge in [0.05, 0.1) is 40.0 Å². The molecule has 0 saturated heterocycles. The van der Waals surface area contributed by atoms with Gasteiger partial charge in [0.1, 0.15) is 6.61 Å². The quantitative estimate of drug-likeness (QED) is 0.273. The Bertz CT molecular complexity index is 1570. The molecular formula is C27H24BrClN2O5S.